The quantitative estimate of drug-likeness (QED) is 0.495. The molecule has 3 amide bonds. The number of amides is 3. The number of nitrogens with one attached hydrogen (secondary N) is 2. The molecule has 192 valence electrons. The Kier molecular flexibility index (Phi) is 8.45. The lowest BCUT2D eigenvalue weighted by atomic mass is 9.84. The second-order valence-electron chi connectivity index (χ2n) is 9.70. The molecular formula is C27H34FN5O3. The molecular weight excluding hydrogens is 461 g/mol. The molecule has 2 unspecified atom stereocenters. The predicted molar refractivity (Wildman–Crippen MR) is 136 cm³/mol. The van der Waals surface area contributed by atoms with E-state index in [-0.39, 0.29) is 42.2 Å². The first-order valence-electron chi connectivity index (χ1n) is 12.0. The lowest BCUT2D eigenvalue weighted by Crippen LogP contribution is -2.51. The number of aliphatic imine (C=N–C) groups is 1. The monoisotopic (exact) mass is 495 g/mol. The molecule has 0 bridgehead atoms. The van der Waals surface area contributed by atoms with Gasteiger partial charge in [-0.25, -0.2) is 9.38 Å². The Balaban J connectivity index is 1.79. The SMILES string of the molecule is CC(=O)NCCC(NC(=O)c1cc(F)cc(CN2C(=O)CC(C)(C(C)C)N=C2N)c1)c1ccccc1. The van der Waals surface area contributed by atoms with Gasteiger partial charge in [0.05, 0.1) is 24.5 Å². The van der Waals surface area contributed by atoms with Crippen LogP contribution in [0, 0.1) is 11.7 Å². The summed E-state index contributed by atoms with van der Waals surface area (Å²) >= 11 is 0. The number of benzene rings is 2. The molecule has 0 saturated carbocycles. The number of guanidine groups is 1. The zero-order valence-electron chi connectivity index (χ0n) is 21.2. The molecule has 1 aliphatic rings. The summed E-state index contributed by atoms with van der Waals surface area (Å²) in [5, 5.41) is 5.67. The van der Waals surface area contributed by atoms with Crippen molar-refractivity contribution in [3.63, 3.8) is 0 Å². The summed E-state index contributed by atoms with van der Waals surface area (Å²) in [6, 6.07) is 12.9. The van der Waals surface area contributed by atoms with E-state index < -0.39 is 23.3 Å². The topological polar surface area (TPSA) is 117 Å². The molecule has 0 spiro atoms. The van der Waals surface area contributed by atoms with Gasteiger partial charge in [0, 0.05) is 19.0 Å². The van der Waals surface area contributed by atoms with Crippen molar-refractivity contribution in [3.05, 3.63) is 71.0 Å². The van der Waals surface area contributed by atoms with Crippen LogP contribution in [0.1, 0.15) is 68.1 Å². The van der Waals surface area contributed by atoms with Crippen LogP contribution in [0.3, 0.4) is 0 Å². The van der Waals surface area contributed by atoms with E-state index in [1.165, 1.54) is 17.9 Å². The van der Waals surface area contributed by atoms with Gasteiger partial charge in [-0.2, -0.15) is 0 Å². The van der Waals surface area contributed by atoms with Crippen LogP contribution in [0.15, 0.2) is 53.5 Å². The van der Waals surface area contributed by atoms with Gasteiger partial charge < -0.3 is 16.4 Å². The van der Waals surface area contributed by atoms with Gasteiger partial charge in [-0.05, 0) is 48.6 Å². The minimum atomic E-state index is -0.598. The molecule has 2 aromatic rings. The number of nitrogens with zero attached hydrogens (tertiary/aromatic N) is 2. The van der Waals surface area contributed by atoms with Crippen LogP contribution >= 0.6 is 0 Å². The summed E-state index contributed by atoms with van der Waals surface area (Å²) in [4.78, 5) is 43.1. The highest BCUT2D eigenvalue weighted by molar-refractivity contribution is 5.99. The summed E-state index contributed by atoms with van der Waals surface area (Å²) in [5.74, 6) is -1.22. The first-order valence-corrected chi connectivity index (χ1v) is 12.0. The minimum Gasteiger partial charge on any atom is -0.369 e. The van der Waals surface area contributed by atoms with E-state index >= 15 is 0 Å². The Morgan fingerprint density at radius 1 is 1.19 bits per heavy atom. The van der Waals surface area contributed by atoms with Crippen molar-refractivity contribution in [2.45, 2.75) is 58.7 Å². The van der Waals surface area contributed by atoms with Crippen LogP contribution < -0.4 is 16.4 Å². The molecule has 3 rings (SSSR count). The number of hydrogen-bond acceptors (Lipinski definition) is 5. The number of rotatable bonds is 9. The maximum absolute atomic E-state index is 14.5. The number of carbonyl (C=O) groups is 3. The average molecular weight is 496 g/mol. The molecule has 1 heterocycles. The average Bonchev–Trinajstić information content (AvgIpc) is 2.80. The van der Waals surface area contributed by atoms with Gasteiger partial charge in [0.15, 0.2) is 5.96 Å². The van der Waals surface area contributed by atoms with Crippen molar-refractivity contribution in [1.82, 2.24) is 15.5 Å². The third-order valence-electron chi connectivity index (χ3n) is 6.58. The minimum absolute atomic E-state index is 0.00499. The van der Waals surface area contributed by atoms with Crippen LogP contribution in [-0.2, 0) is 16.1 Å². The van der Waals surface area contributed by atoms with Crippen LogP contribution in [0.4, 0.5) is 4.39 Å². The lowest BCUT2D eigenvalue weighted by Gasteiger charge is -2.37. The van der Waals surface area contributed by atoms with E-state index in [1.807, 2.05) is 51.1 Å². The second kappa shape index (κ2) is 11.3. The van der Waals surface area contributed by atoms with Crippen LogP contribution in [0.25, 0.3) is 0 Å². The molecule has 0 saturated heterocycles. The van der Waals surface area contributed by atoms with E-state index in [2.05, 4.69) is 15.6 Å². The zero-order chi connectivity index (χ0) is 26.5. The standard InChI is InChI=1S/C27H34FN5O3/c1-17(2)27(4)15-24(35)33(26(29)32-27)16-19-12-21(14-22(28)13-19)25(36)31-23(10-11-30-18(3)34)20-8-6-5-7-9-20/h5-9,12-14,17,23H,10-11,15-16H2,1-4H3,(H2,29,32)(H,30,34)(H,31,36). The Hall–Kier alpha value is -3.75. The summed E-state index contributed by atoms with van der Waals surface area (Å²) in [6.45, 7) is 7.66. The van der Waals surface area contributed by atoms with Gasteiger partial charge >= 0.3 is 0 Å². The number of carbonyl (C=O) groups excluding carboxylic acids is 3. The Labute approximate surface area is 211 Å². The first-order chi connectivity index (χ1) is 17.0. The Bertz CT molecular complexity index is 1150. The fraction of sp³-hybridized carbons (Fsp3) is 0.407. The maximum Gasteiger partial charge on any atom is 0.251 e. The third-order valence-corrected chi connectivity index (χ3v) is 6.58. The smallest absolute Gasteiger partial charge is 0.251 e. The van der Waals surface area contributed by atoms with Gasteiger partial charge in [0.1, 0.15) is 5.82 Å². The van der Waals surface area contributed by atoms with E-state index in [4.69, 9.17) is 5.73 Å². The molecule has 2 aromatic carbocycles. The number of hydrogen-bond donors (Lipinski definition) is 3. The number of nitrogens with two attached hydrogens (primary N) is 1. The largest absolute Gasteiger partial charge is 0.369 e. The zero-order valence-corrected chi connectivity index (χ0v) is 21.2. The summed E-state index contributed by atoms with van der Waals surface area (Å²) in [7, 11) is 0. The van der Waals surface area contributed by atoms with Crippen molar-refractivity contribution in [2.24, 2.45) is 16.6 Å². The normalized spacial score (nSPS) is 18.6. The van der Waals surface area contributed by atoms with E-state index in [0.717, 1.165) is 11.6 Å². The van der Waals surface area contributed by atoms with Crippen molar-refractivity contribution >= 4 is 23.7 Å². The fourth-order valence-corrected chi connectivity index (χ4v) is 4.09. The molecule has 0 radical (unpaired) electrons. The second-order valence-corrected chi connectivity index (χ2v) is 9.70. The maximum atomic E-state index is 14.5. The highest BCUT2D eigenvalue weighted by Gasteiger charge is 2.38. The van der Waals surface area contributed by atoms with E-state index in [1.54, 1.807) is 6.07 Å². The van der Waals surface area contributed by atoms with Crippen molar-refractivity contribution in [2.75, 3.05) is 6.54 Å². The summed E-state index contributed by atoms with van der Waals surface area (Å²) < 4.78 is 14.5. The van der Waals surface area contributed by atoms with E-state index in [9.17, 15) is 18.8 Å². The molecule has 2 atom stereocenters. The molecule has 36 heavy (non-hydrogen) atoms. The fourth-order valence-electron chi connectivity index (χ4n) is 4.09. The van der Waals surface area contributed by atoms with Crippen LogP contribution in [0.5, 0.6) is 0 Å². The van der Waals surface area contributed by atoms with Crippen molar-refractivity contribution in [3.8, 4) is 0 Å². The lowest BCUT2D eigenvalue weighted by molar-refractivity contribution is -0.130. The summed E-state index contributed by atoms with van der Waals surface area (Å²) in [5.41, 5.74) is 6.94. The summed E-state index contributed by atoms with van der Waals surface area (Å²) in [6.07, 6.45) is 0.655. The molecule has 8 nitrogen and oxygen atoms in total. The molecule has 0 fully saturated rings. The van der Waals surface area contributed by atoms with Crippen LogP contribution in [-0.4, -0.2) is 40.7 Å². The molecule has 9 heteroatoms. The Morgan fingerprint density at radius 2 is 1.89 bits per heavy atom. The molecule has 0 aromatic heterocycles. The first kappa shape index (κ1) is 26.8. The highest BCUT2D eigenvalue weighted by atomic mass is 19.1. The van der Waals surface area contributed by atoms with Gasteiger partial charge in [0.2, 0.25) is 11.8 Å². The third kappa shape index (κ3) is 6.68. The van der Waals surface area contributed by atoms with Gasteiger partial charge in [-0.3, -0.25) is 19.3 Å². The van der Waals surface area contributed by atoms with E-state index in [0.29, 0.717) is 18.5 Å². The molecule has 4 N–H and O–H groups in total. The van der Waals surface area contributed by atoms with Gasteiger partial charge in [-0.15, -0.1) is 0 Å². The predicted octanol–water partition coefficient (Wildman–Crippen LogP) is 3.28. The van der Waals surface area contributed by atoms with Gasteiger partial charge in [0.25, 0.3) is 5.91 Å². The number of halogens is 1. The molecule has 1 aliphatic heterocycles. The van der Waals surface area contributed by atoms with Crippen molar-refractivity contribution in [1.29, 1.82) is 0 Å². The highest BCUT2D eigenvalue weighted by Crippen LogP contribution is 2.30. The van der Waals surface area contributed by atoms with Crippen molar-refractivity contribution < 1.29 is 18.8 Å². The van der Waals surface area contributed by atoms with Gasteiger partial charge in [-0.1, -0.05) is 44.2 Å². The Morgan fingerprint density at radius 3 is 2.50 bits per heavy atom. The molecule has 0 aliphatic carbocycles. The van der Waals surface area contributed by atoms with Crippen LogP contribution in [0.2, 0.25) is 0 Å².